The highest BCUT2D eigenvalue weighted by molar-refractivity contribution is 7.92. The van der Waals surface area contributed by atoms with Crippen molar-refractivity contribution >= 4 is 21.7 Å². The van der Waals surface area contributed by atoms with Gasteiger partial charge in [0.05, 0.1) is 17.0 Å². The second kappa shape index (κ2) is 5.59. The molecule has 2 N–H and O–H groups in total. The van der Waals surface area contributed by atoms with Crippen LogP contribution in [0.15, 0.2) is 0 Å². The second-order valence-electron chi connectivity index (χ2n) is 4.37. The zero-order valence-electron chi connectivity index (χ0n) is 10.0. The molecule has 0 spiro atoms. The van der Waals surface area contributed by atoms with E-state index in [1.54, 1.807) is 13.8 Å². The Morgan fingerprint density at radius 3 is 2.59 bits per heavy atom. The fourth-order valence-corrected chi connectivity index (χ4v) is 2.37. The first kappa shape index (κ1) is 14.1. The largest absolute Gasteiger partial charge is 0.305 e. The maximum Gasteiger partial charge on any atom is 0.243 e. The van der Waals surface area contributed by atoms with Crippen LogP contribution >= 0.6 is 0 Å². The lowest BCUT2D eigenvalue weighted by atomic mass is 10.1. The van der Waals surface area contributed by atoms with Crippen LogP contribution in [-0.2, 0) is 19.4 Å². The third-order valence-corrected chi connectivity index (χ3v) is 4.94. The molecule has 0 aromatic heterocycles. The van der Waals surface area contributed by atoms with Crippen molar-refractivity contribution in [3.63, 3.8) is 0 Å². The molecule has 0 aromatic rings. The van der Waals surface area contributed by atoms with Gasteiger partial charge in [-0.1, -0.05) is 0 Å². The molecule has 0 radical (unpaired) electrons. The Kier molecular flexibility index (Phi) is 4.64. The van der Waals surface area contributed by atoms with E-state index in [0.29, 0.717) is 12.8 Å². The molecule has 0 bridgehead atoms. The van der Waals surface area contributed by atoms with E-state index in [9.17, 15) is 18.0 Å². The normalized spacial score (nSPS) is 21.7. The smallest absolute Gasteiger partial charge is 0.243 e. The number of carbonyl (C=O) groups excluding carboxylic acids is 2. The molecule has 1 heterocycles. The van der Waals surface area contributed by atoms with Crippen molar-refractivity contribution in [2.75, 3.05) is 12.3 Å². The second-order valence-corrected chi connectivity index (χ2v) is 7.05. The van der Waals surface area contributed by atoms with Gasteiger partial charge in [0, 0.05) is 13.0 Å². The molecule has 7 heteroatoms. The Bertz CT molecular complexity index is 403. The van der Waals surface area contributed by atoms with Crippen LogP contribution in [0.25, 0.3) is 0 Å². The van der Waals surface area contributed by atoms with E-state index < -0.39 is 21.1 Å². The first-order valence-electron chi connectivity index (χ1n) is 5.61. The standard InChI is InChI=1S/C10H18N2O4S/c1-7(2)17(15,16)6-5-11-8-3-4-9(13)12-10(8)14/h7-8,11H,3-6H2,1-2H3,(H,12,13,14). The zero-order valence-corrected chi connectivity index (χ0v) is 10.8. The third-order valence-electron chi connectivity index (χ3n) is 2.73. The molecule has 1 saturated heterocycles. The molecule has 1 unspecified atom stereocenters. The van der Waals surface area contributed by atoms with Gasteiger partial charge in [-0.3, -0.25) is 14.9 Å². The van der Waals surface area contributed by atoms with Crippen LogP contribution < -0.4 is 10.6 Å². The number of amides is 2. The van der Waals surface area contributed by atoms with Gasteiger partial charge in [-0.2, -0.15) is 0 Å². The summed E-state index contributed by atoms with van der Waals surface area (Å²) in [5, 5.41) is 4.66. The number of sulfone groups is 1. The van der Waals surface area contributed by atoms with Crippen molar-refractivity contribution in [3.05, 3.63) is 0 Å². The van der Waals surface area contributed by atoms with Crippen molar-refractivity contribution in [2.45, 2.75) is 38.0 Å². The average Bonchev–Trinajstić information content (AvgIpc) is 2.21. The van der Waals surface area contributed by atoms with Gasteiger partial charge in [-0.15, -0.1) is 0 Å². The molecule has 1 fully saturated rings. The van der Waals surface area contributed by atoms with E-state index in [4.69, 9.17) is 0 Å². The van der Waals surface area contributed by atoms with Crippen LogP contribution in [0.5, 0.6) is 0 Å². The van der Waals surface area contributed by atoms with Gasteiger partial charge in [0.25, 0.3) is 0 Å². The molecular formula is C10H18N2O4S. The van der Waals surface area contributed by atoms with E-state index in [1.165, 1.54) is 0 Å². The van der Waals surface area contributed by atoms with E-state index in [2.05, 4.69) is 10.6 Å². The summed E-state index contributed by atoms with van der Waals surface area (Å²) in [6.45, 7) is 3.48. The Morgan fingerprint density at radius 1 is 1.41 bits per heavy atom. The molecule has 17 heavy (non-hydrogen) atoms. The van der Waals surface area contributed by atoms with Gasteiger partial charge >= 0.3 is 0 Å². The number of nitrogens with one attached hydrogen (secondary N) is 2. The van der Waals surface area contributed by atoms with E-state index >= 15 is 0 Å². The molecule has 0 saturated carbocycles. The van der Waals surface area contributed by atoms with Crippen LogP contribution in [0.1, 0.15) is 26.7 Å². The molecule has 0 aromatic carbocycles. The Balaban J connectivity index is 2.37. The van der Waals surface area contributed by atoms with Crippen molar-refractivity contribution in [2.24, 2.45) is 0 Å². The molecule has 1 aliphatic heterocycles. The van der Waals surface area contributed by atoms with Crippen LogP contribution in [0.4, 0.5) is 0 Å². The predicted molar refractivity (Wildman–Crippen MR) is 63.1 cm³/mol. The summed E-state index contributed by atoms with van der Waals surface area (Å²) in [7, 11) is -3.09. The van der Waals surface area contributed by atoms with Crippen molar-refractivity contribution in [1.82, 2.24) is 10.6 Å². The number of imide groups is 1. The number of carbonyl (C=O) groups is 2. The minimum atomic E-state index is -3.09. The predicted octanol–water partition coefficient (Wildman–Crippen LogP) is -0.796. The van der Waals surface area contributed by atoms with Gasteiger partial charge in [0.15, 0.2) is 9.84 Å². The highest BCUT2D eigenvalue weighted by atomic mass is 32.2. The number of piperidine rings is 1. The summed E-state index contributed by atoms with van der Waals surface area (Å²) in [5.41, 5.74) is 0. The summed E-state index contributed by atoms with van der Waals surface area (Å²) in [6, 6.07) is -0.463. The van der Waals surface area contributed by atoms with E-state index in [0.717, 1.165) is 0 Å². The van der Waals surface area contributed by atoms with Crippen molar-refractivity contribution in [1.29, 1.82) is 0 Å². The minimum absolute atomic E-state index is 0.00237. The summed E-state index contributed by atoms with van der Waals surface area (Å²) in [4.78, 5) is 22.2. The maximum atomic E-state index is 11.5. The number of rotatable bonds is 5. The highest BCUT2D eigenvalue weighted by Gasteiger charge is 2.26. The summed E-state index contributed by atoms with van der Waals surface area (Å²) >= 11 is 0. The number of hydrogen-bond acceptors (Lipinski definition) is 5. The minimum Gasteiger partial charge on any atom is -0.305 e. The Labute approximate surface area is 101 Å². The Morgan fingerprint density at radius 2 is 2.06 bits per heavy atom. The first-order chi connectivity index (χ1) is 7.83. The molecule has 1 atom stereocenters. The van der Waals surface area contributed by atoms with Gasteiger partial charge in [0.1, 0.15) is 0 Å². The molecular weight excluding hydrogens is 244 g/mol. The average molecular weight is 262 g/mol. The Hall–Kier alpha value is -0.950. The van der Waals surface area contributed by atoms with E-state index in [-0.39, 0.29) is 24.1 Å². The fourth-order valence-electron chi connectivity index (χ4n) is 1.50. The van der Waals surface area contributed by atoms with Gasteiger partial charge in [-0.05, 0) is 20.3 Å². The van der Waals surface area contributed by atoms with Crippen molar-refractivity contribution < 1.29 is 18.0 Å². The zero-order chi connectivity index (χ0) is 13.1. The topological polar surface area (TPSA) is 92.3 Å². The third kappa shape index (κ3) is 4.08. The van der Waals surface area contributed by atoms with E-state index in [1.807, 2.05) is 0 Å². The van der Waals surface area contributed by atoms with Crippen LogP contribution in [0, 0.1) is 0 Å². The lowest BCUT2D eigenvalue weighted by Gasteiger charge is -2.21. The SMILES string of the molecule is CC(C)S(=O)(=O)CCNC1CCC(=O)NC1=O. The molecule has 1 rings (SSSR count). The maximum absolute atomic E-state index is 11.5. The van der Waals surface area contributed by atoms with Crippen LogP contribution in [0.2, 0.25) is 0 Å². The summed E-state index contributed by atoms with van der Waals surface area (Å²) in [6.07, 6.45) is 0.715. The van der Waals surface area contributed by atoms with Crippen molar-refractivity contribution in [3.8, 4) is 0 Å². The number of hydrogen-bond donors (Lipinski definition) is 2. The molecule has 1 aliphatic rings. The molecule has 6 nitrogen and oxygen atoms in total. The fraction of sp³-hybridized carbons (Fsp3) is 0.800. The van der Waals surface area contributed by atoms with Crippen LogP contribution in [-0.4, -0.2) is 43.8 Å². The first-order valence-corrected chi connectivity index (χ1v) is 7.33. The summed E-state index contributed by atoms with van der Waals surface area (Å²) in [5.74, 6) is -0.645. The molecule has 2 amide bonds. The van der Waals surface area contributed by atoms with Gasteiger partial charge < -0.3 is 5.32 Å². The van der Waals surface area contributed by atoms with Crippen LogP contribution in [0.3, 0.4) is 0 Å². The van der Waals surface area contributed by atoms with Gasteiger partial charge in [0.2, 0.25) is 11.8 Å². The quantitative estimate of drug-likeness (QED) is 0.633. The lowest BCUT2D eigenvalue weighted by Crippen LogP contribution is -2.51. The summed E-state index contributed by atoms with van der Waals surface area (Å²) < 4.78 is 23.0. The molecule has 0 aliphatic carbocycles. The monoisotopic (exact) mass is 262 g/mol. The molecule has 98 valence electrons. The lowest BCUT2D eigenvalue weighted by molar-refractivity contribution is -0.134. The van der Waals surface area contributed by atoms with Gasteiger partial charge in [-0.25, -0.2) is 8.42 Å². The highest BCUT2D eigenvalue weighted by Crippen LogP contribution is 2.05.